The predicted molar refractivity (Wildman–Crippen MR) is 154 cm³/mol. The van der Waals surface area contributed by atoms with Crippen molar-refractivity contribution in [2.45, 2.75) is 5.41 Å². The third-order valence-corrected chi connectivity index (χ3v) is 8.30. The summed E-state index contributed by atoms with van der Waals surface area (Å²) in [7, 11) is 0. The quantitative estimate of drug-likeness (QED) is 0.237. The van der Waals surface area contributed by atoms with E-state index in [1.54, 1.807) is 0 Å². The van der Waals surface area contributed by atoms with E-state index in [2.05, 4.69) is 146 Å². The molecule has 0 unspecified atom stereocenters. The lowest BCUT2D eigenvalue weighted by Crippen LogP contribution is -2.25. The summed E-state index contributed by atoms with van der Waals surface area (Å²) in [5, 5.41) is 0. The Bertz CT molecular complexity index is 1780. The van der Waals surface area contributed by atoms with Crippen LogP contribution in [-0.2, 0) is 5.41 Å². The number of fused-ring (bicyclic) bond motifs is 10. The molecule has 0 aromatic heterocycles. The van der Waals surface area contributed by atoms with Gasteiger partial charge in [0.15, 0.2) is 0 Å². The Kier molecular flexibility index (Phi) is 4.24. The third-order valence-electron chi connectivity index (χ3n) is 8.30. The maximum Gasteiger partial charge on any atom is 0.0725 e. The molecule has 2 aliphatic carbocycles. The summed E-state index contributed by atoms with van der Waals surface area (Å²) in [6, 6.07) is 53.6. The van der Waals surface area contributed by atoms with Gasteiger partial charge in [0, 0.05) is 0 Å². The fourth-order valence-corrected chi connectivity index (χ4v) is 6.88. The van der Waals surface area contributed by atoms with Crippen LogP contribution in [0.3, 0.4) is 0 Å². The highest BCUT2D eigenvalue weighted by molar-refractivity contribution is 6.00. The third kappa shape index (κ3) is 2.68. The second kappa shape index (κ2) is 7.66. The zero-order valence-electron chi connectivity index (χ0n) is 20.4. The summed E-state index contributed by atoms with van der Waals surface area (Å²) in [4.78, 5) is 0. The minimum Gasteiger partial charge on any atom is -0.0622 e. The van der Waals surface area contributed by atoms with Gasteiger partial charge in [-0.25, -0.2) is 0 Å². The van der Waals surface area contributed by atoms with E-state index in [1.165, 1.54) is 66.8 Å². The van der Waals surface area contributed by atoms with Crippen molar-refractivity contribution in [1.82, 2.24) is 0 Å². The van der Waals surface area contributed by atoms with Gasteiger partial charge in [-0.1, -0.05) is 140 Å². The Labute approximate surface area is 217 Å². The van der Waals surface area contributed by atoms with E-state index in [1.807, 2.05) is 0 Å². The minimum absolute atomic E-state index is 0.299. The first-order chi connectivity index (χ1) is 18.4. The molecule has 0 heteroatoms. The summed E-state index contributed by atoms with van der Waals surface area (Å²) in [6.45, 7) is 0. The molecule has 6 aromatic rings. The van der Waals surface area contributed by atoms with Crippen LogP contribution < -0.4 is 0 Å². The molecular weight excluding hydrogens is 444 g/mol. The van der Waals surface area contributed by atoms with Crippen LogP contribution in [-0.4, -0.2) is 0 Å². The van der Waals surface area contributed by atoms with Crippen molar-refractivity contribution < 1.29 is 0 Å². The van der Waals surface area contributed by atoms with E-state index in [0.717, 1.165) is 0 Å². The first kappa shape index (κ1) is 20.5. The standard InChI is InChI=1S/C37H24/c1-2-12-25(13-3-1)26-14-10-15-27(24-26)28-19-11-23-35-36(28)31-18-6-9-22-34(31)37(35)32-20-7-4-16-29(32)30-17-5-8-21-33(30)37/h1-24H. The highest BCUT2D eigenvalue weighted by Gasteiger charge is 2.51. The van der Waals surface area contributed by atoms with Gasteiger partial charge in [0.05, 0.1) is 5.41 Å². The molecule has 6 aromatic carbocycles. The van der Waals surface area contributed by atoms with E-state index in [9.17, 15) is 0 Å². The van der Waals surface area contributed by atoms with Gasteiger partial charge < -0.3 is 0 Å². The van der Waals surface area contributed by atoms with Gasteiger partial charge in [0.25, 0.3) is 0 Å². The number of benzene rings is 6. The Hall–Kier alpha value is -4.68. The molecule has 0 bridgehead atoms. The van der Waals surface area contributed by atoms with Crippen LogP contribution in [0.15, 0.2) is 146 Å². The summed E-state index contributed by atoms with van der Waals surface area (Å²) in [5.74, 6) is 0. The van der Waals surface area contributed by atoms with Crippen molar-refractivity contribution in [1.29, 1.82) is 0 Å². The molecule has 2 aliphatic rings. The molecule has 0 heterocycles. The van der Waals surface area contributed by atoms with E-state index in [-0.39, 0.29) is 5.41 Å². The van der Waals surface area contributed by atoms with E-state index < -0.39 is 0 Å². The maximum atomic E-state index is 2.36. The summed E-state index contributed by atoms with van der Waals surface area (Å²) < 4.78 is 0. The lowest BCUT2D eigenvalue weighted by molar-refractivity contribution is 0.794. The van der Waals surface area contributed by atoms with Crippen molar-refractivity contribution in [3.63, 3.8) is 0 Å². The van der Waals surface area contributed by atoms with Crippen LogP contribution in [0.2, 0.25) is 0 Å². The van der Waals surface area contributed by atoms with Crippen molar-refractivity contribution >= 4 is 0 Å². The molecule has 8 rings (SSSR count). The highest BCUT2D eigenvalue weighted by Crippen LogP contribution is 2.63. The van der Waals surface area contributed by atoms with Gasteiger partial charge in [0.2, 0.25) is 0 Å². The van der Waals surface area contributed by atoms with Crippen LogP contribution in [0, 0.1) is 0 Å². The second-order valence-electron chi connectivity index (χ2n) is 10.1. The van der Waals surface area contributed by atoms with E-state index in [4.69, 9.17) is 0 Å². The predicted octanol–water partition coefficient (Wildman–Crippen LogP) is 9.36. The normalized spacial score (nSPS) is 13.6. The lowest BCUT2D eigenvalue weighted by atomic mass is 9.70. The Morgan fingerprint density at radius 2 is 0.757 bits per heavy atom. The van der Waals surface area contributed by atoms with Gasteiger partial charge in [-0.3, -0.25) is 0 Å². The Balaban J connectivity index is 1.46. The molecule has 0 aliphatic heterocycles. The maximum absolute atomic E-state index is 2.36. The zero-order valence-corrected chi connectivity index (χ0v) is 20.4. The molecule has 0 atom stereocenters. The van der Waals surface area contributed by atoms with Gasteiger partial charge in [-0.05, 0) is 72.8 Å². The molecule has 0 saturated heterocycles. The molecule has 172 valence electrons. The molecule has 0 fully saturated rings. The van der Waals surface area contributed by atoms with Crippen LogP contribution >= 0.6 is 0 Å². The minimum atomic E-state index is -0.299. The molecule has 0 saturated carbocycles. The SMILES string of the molecule is c1ccc(-c2cccc(-c3cccc4c3-c3ccccc3C43c4ccccc4-c4ccccc43)c2)cc1. The molecule has 0 N–H and O–H groups in total. The topological polar surface area (TPSA) is 0 Å². The number of hydrogen-bond donors (Lipinski definition) is 0. The van der Waals surface area contributed by atoms with Crippen LogP contribution in [0.4, 0.5) is 0 Å². The van der Waals surface area contributed by atoms with E-state index in [0.29, 0.717) is 0 Å². The molecule has 37 heavy (non-hydrogen) atoms. The van der Waals surface area contributed by atoms with Crippen molar-refractivity contribution in [3.8, 4) is 44.5 Å². The molecule has 0 amide bonds. The molecule has 1 spiro atoms. The molecule has 0 radical (unpaired) electrons. The lowest BCUT2D eigenvalue weighted by Gasteiger charge is -2.30. The summed E-state index contributed by atoms with van der Waals surface area (Å²) in [5.41, 5.74) is 15.7. The average Bonchev–Trinajstić information content (AvgIpc) is 3.45. The Morgan fingerprint density at radius 1 is 0.297 bits per heavy atom. The largest absolute Gasteiger partial charge is 0.0725 e. The highest BCUT2D eigenvalue weighted by atomic mass is 14.5. The zero-order chi connectivity index (χ0) is 24.4. The van der Waals surface area contributed by atoms with Crippen molar-refractivity contribution in [2.24, 2.45) is 0 Å². The van der Waals surface area contributed by atoms with Crippen molar-refractivity contribution in [2.75, 3.05) is 0 Å². The van der Waals surface area contributed by atoms with Gasteiger partial charge >= 0.3 is 0 Å². The fraction of sp³-hybridized carbons (Fsp3) is 0.0270. The Morgan fingerprint density at radius 3 is 1.46 bits per heavy atom. The van der Waals surface area contributed by atoms with Gasteiger partial charge in [-0.2, -0.15) is 0 Å². The van der Waals surface area contributed by atoms with Crippen LogP contribution in [0.1, 0.15) is 22.3 Å². The van der Waals surface area contributed by atoms with Crippen LogP contribution in [0.25, 0.3) is 44.5 Å². The van der Waals surface area contributed by atoms with Crippen molar-refractivity contribution in [3.05, 3.63) is 168 Å². The molecule has 0 nitrogen and oxygen atoms in total. The van der Waals surface area contributed by atoms with Gasteiger partial charge in [-0.15, -0.1) is 0 Å². The first-order valence-corrected chi connectivity index (χ1v) is 13.0. The number of hydrogen-bond acceptors (Lipinski definition) is 0. The van der Waals surface area contributed by atoms with Crippen LogP contribution in [0.5, 0.6) is 0 Å². The fourth-order valence-electron chi connectivity index (χ4n) is 6.88. The summed E-state index contributed by atoms with van der Waals surface area (Å²) in [6.07, 6.45) is 0. The average molecular weight is 469 g/mol. The first-order valence-electron chi connectivity index (χ1n) is 13.0. The summed E-state index contributed by atoms with van der Waals surface area (Å²) >= 11 is 0. The number of rotatable bonds is 2. The monoisotopic (exact) mass is 468 g/mol. The van der Waals surface area contributed by atoms with E-state index >= 15 is 0 Å². The smallest absolute Gasteiger partial charge is 0.0622 e. The van der Waals surface area contributed by atoms with Gasteiger partial charge in [0.1, 0.15) is 0 Å². The second-order valence-corrected chi connectivity index (χ2v) is 10.1. The molecular formula is C37H24.